The Morgan fingerprint density at radius 3 is 2.33 bits per heavy atom. The van der Waals surface area contributed by atoms with Crippen LogP contribution in [0.1, 0.15) is 18.2 Å². The van der Waals surface area contributed by atoms with E-state index in [9.17, 15) is 0 Å². The summed E-state index contributed by atoms with van der Waals surface area (Å²) in [7, 11) is 0. The highest BCUT2D eigenvalue weighted by Gasteiger charge is 2.00. The van der Waals surface area contributed by atoms with Crippen LogP contribution in [0.3, 0.4) is 0 Å². The van der Waals surface area contributed by atoms with Crippen molar-refractivity contribution < 1.29 is 0 Å². The molecule has 0 aliphatic heterocycles. The summed E-state index contributed by atoms with van der Waals surface area (Å²) >= 11 is 0. The van der Waals surface area contributed by atoms with Gasteiger partial charge in [0.1, 0.15) is 0 Å². The summed E-state index contributed by atoms with van der Waals surface area (Å²) in [5.74, 6) is 0. The van der Waals surface area contributed by atoms with E-state index in [1.165, 1.54) is 11.1 Å². The summed E-state index contributed by atoms with van der Waals surface area (Å²) in [6, 6.07) is 12.7. The molecule has 1 aromatic heterocycles. The molecule has 3 N–H and O–H groups in total. The third-order valence-electron chi connectivity index (χ3n) is 2.64. The molecule has 78 valence electrons. The number of H-pyrrole nitrogens is 1. The van der Waals surface area contributed by atoms with E-state index in [2.05, 4.69) is 42.2 Å². The molecule has 2 nitrogen and oxygen atoms in total. The van der Waals surface area contributed by atoms with Crippen molar-refractivity contribution in [3.63, 3.8) is 0 Å². The van der Waals surface area contributed by atoms with E-state index >= 15 is 0 Å². The van der Waals surface area contributed by atoms with Crippen LogP contribution in [0.25, 0.3) is 11.3 Å². The fourth-order valence-electron chi connectivity index (χ4n) is 1.65. The number of nitrogens with two attached hydrogens (primary N) is 1. The Labute approximate surface area is 90.1 Å². The van der Waals surface area contributed by atoms with Gasteiger partial charge in [-0.25, -0.2) is 0 Å². The molecule has 0 radical (unpaired) electrons. The zero-order valence-corrected chi connectivity index (χ0v) is 8.96. The number of aryl methyl sites for hydroxylation is 1. The van der Waals surface area contributed by atoms with E-state index in [1.54, 1.807) is 0 Å². The SMILES string of the molecule is CCc1ccc(-c2ccc(CN)[nH]2)cc1. The van der Waals surface area contributed by atoms with Gasteiger partial charge in [-0.05, 0) is 29.7 Å². The van der Waals surface area contributed by atoms with Crippen LogP contribution in [0.5, 0.6) is 0 Å². The zero-order valence-electron chi connectivity index (χ0n) is 8.96. The molecule has 0 bridgehead atoms. The lowest BCUT2D eigenvalue weighted by atomic mass is 10.1. The third kappa shape index (κ3) is 2.10. The highest BCUT2D eigenvalue weighted by Crippen LogP contribution is 2.19. The van der Waals surface area contributed by atoms with Gasteiger partial charge in [0.15, 0.2) is 0 Å². The molecule has 15 heavy (non-hydrogen) atoms. The second-order valence-electron chi connectivity index (χ2n) is 3.65. The maximum atomic E-state index is 5.56. The summed E-state index contributed by atoms with van der Waals surface area (Å²) in [6.07, 6.45) is 1.08. The van der Waals surface area contributed by atoms with Crippen molar-refractivity contribution in [3.05, 3.63) is 47.7 Å². The molecular formula is C13H16N2. The Kier molecular flexibility index (Phi) is 2.88. The molecule has 0 atom stereocenters. The average Bonchev–Trinajstić information content (AvgIpc) is 2.78. The largest absolute Gasteiger partial charge is 0.357 e. The smallest absolute Gasteiger partial charge is 0.0456 e. The second-order valence-corrected chi connectivity index (χ2v) is 3.65. The molecule has 2 rings (SSSR count). The molecule has 1 aromatic carbocycles. The minimum Gasteiger partial charge on any atom is -0.357 e. The van der Waals surface area contributed by atoms with Crippen molar-refractivity contribution in [1.82, 2.24) is 4.98 Å². The molecule has 0 saturated heterocycles. The summed E-state index contributed by atoms with van der Waals surface area (Å²) in [5, 5.41) is 0. The number of aromatic amines is 1. The number of nitrogens with one attached hydrogen (secondary N) is 1. The summed E-state index contributed by atoms with van der Waals surface area (Å²) < 4.78 is 0. The van der Waals surface area contributed by atoms with Crippen LogP contribution in [0, 0.1) is 0 Å². The molecule has 0 saturated carbocycles. The van der Waals surface area contributed by atoms with Crippen molar-refractivity contribution in [1.29, 1.82) is 0 Å². The van der Waals surface area contributed by atoms with Gasteiger partial charge in [0.05, 0.1) is 0 Å². The molecule has 0 amide bonds. The van der Waals surface area contributed by atoms with Crippen LogP contribution in [0.2, 0.25) is 0 Å². The molecule has 2 aromatic rings. The third-order valence-corrected chi connectivity index (χ3v) is 2.64. The van der Waals surface area contributed by atoms with Gasteiger partial charge >= 0.3 is 0 Å². The Hall–Kier alpha value is -1.54. The lowest BCUT2D eigenvalue weighted by Gasteiger charge is -2.00. The van der Waals surface area contributed by atoms with Crippen LogP contribution >= 0.6 is 0 Å². The fraction of sp³-hybridized carbons (Fsp3) is 0.231. The lowest BCUT2D eigenvalue weighted by Crippen LogP contribution is -1.95. The summed E-state index contributed by atoms with van der Waals surface area (Å²) in [6.45, 7) is 2.73. The van der Waals surface area contributed by atoms with Crippen molar-refractivity contribution in [2.24, 2.45) is 5.73 Å². The molecule has 0 aliphatic carbocycles. The monoisotopic (exact) mass is 200 g/mol. The first-order valence-electron chi connectivity index (χ1n) is 5.30. The molecule has 0 unspecified atom stereocenters. The summed E-state index contributed by atoms with van der Waals surface area (Å²) in [5.41, 5.74) is 10.3. The van der Waals surface area contributed by atoms with E-state index in [1.807, 2.05) is 6.07 Å². The highest BCUT2D eigenvalue weighted by atomic mass is 14.8. The van der Waals surface area contributed by atoms with Crippen molar-refractivity contribution >= 4 is 0 Å². The first-order valence-corrected chi connectivity index (χ1v) is 5.30. The van der Waals surface area contributed by atoms with Gasteiger partial charge in [0.25, 0.3) is 0 Å². The number of benzene rings is 1. The standard InChI is InChI=1S/C13H16N2/c1-2-10-3-5-11(6-4-10)13-8-7-12(9-14)15-13/h3-8,15H,2,9,14H2,1H3. The predicted molar refractivity (Wildman–Crippen MR) is 63.5 cm³/mol. The zero-order chi connectivity index (χ0) is 10.7. The number of hydrogen-bond acceptors (Lipinski definition) is 1. The second kappa shape index (κ2) is 4.32. The lowest BCUT2D eigenvalue weighted by molar-refractivity contribution is 1.01. The van der Waals surface area contributed by atoms with E-state index in [-0.39, 0.29) is 0 Å². The van der Waals surface area contributed by atoms with E-state index < -0.39 is 0 Å². The topological polar surface area (TPSA) is 41.8 Å². The first kappa shape index (κ1) is 9.99. The molecular weight excluding hydrogens is 184 g/mol. The van der Waals surface area contributed by atoms with Crippen LogP contribution in [-0.4, -0.2) is 4.98 Å². The predicted octanol–water partition coefficient (Wildman–Crippen LogP) is 2.70. The van der Waals surface area contributed by atoms with Gasteiger partial charge in [-0.15, -0.1) is 0 Å². The van der Waals surface area contributed by atoms with Crippen LogP contribution in [0.15, 0.2) is 36.4 Å². The Morgan fingerprint density at radius 1 is 1.07 bits per heavy atom. The van der Waals surface area contributed by atoms with Gasteiger partial charge in [0, 0.05) is 17.9 Å². The van der Waals surface area contributed by atoms with Gasteiger partial charge in [-0.2, -0.15) is 0 Å². The van der Waals surface area contributed by atoms with E-state index in [4.69, 9.17) is 5.73 Å². The molecule has 0 fully saturated rings. The molecule has 1 heterocycles. The number of hydrogen-bond donors (Lipinski definition) is 2. The van der Waals surface area contributed by atoms with E-state index in [0.29, 0.717) is 6.54 Å². The molecule has 2 heteroatoms. The quantitative estimate of drug-likeness (QED) is 0.786. The van der Waals surface area contributed by atoms with Gasteiger partial charge in [-0.3, -0.25) is 0 Å². The normalized spacial score (nSPS) is 10.5. The Morgan fingerprint density at radius 2 is 1.80 bits per heavy atom. The van der Waals surface area contributed by atoms with Crippen molar-refractivity contribution in [3.8, 4) is 11.3 Å². The minimum absolute atomic E-state index is 0.563. The Bertz CT molecular complexity index is 426. The van der Waals surface area contributed by atoms with Crippen LogP contribution < -0.4 is 5.73 Å². The van der Waals surface area contributed by atoms with Gasteiger partial charge < -0.3 is 10.7 Å². The highest BCUT2D eigenvalue weighted by molar-refractivity contribution is 5.60. The maximum Gasteiger partial charge on any atom is 0.0456 e. The van der Waals surface area contributed by atoms with Crippen molar-refractivity contribution in [2.45, 2.75) is 19.9 Å². The minimum atomic E-state index is 0.563. The van der Waals surface area contributed by atoms with E-state index in [0.717, 1.165) is 17.8 Å². The van der Waals surface area contributed by atoms with Gasteiger partial charge in [0.2, 0.25) is 0 Å². The van der Waals surface area contributed by atoms with Crippen LogP contribution in [0.4, 0.5) is 0 Å². The van der Waals surface area contributed by atoms with Crippen LogP contribution in [-0.2, 0) is 13.0 Å². The van der Waals surface area contributed by atoms with Crippen molar-refractivity contribution in [2.75, 3.05) is 0 Å². The fourth-order valence-corrected chi connectivity index (χ4v) is 1.65. The number of rotatable bonds is 3. The number of aromatic nitrogens is 1. The summed E-state index contributed by atoms with van der Waals surface area (Å²) in [4.78, 5) is 3.29. The molecule has 0 aliphatic rings. The average molecular weight is 200 g/mol. The first-order chi connectivity index (χ1) is 7.33. The molecule has 0 spiro atoms. The Balaban J connectivity index is 2.28. The van der Waals surface area contributed by atoms with Gasteiger partial charge in [-0.1, -0.05) is 31.2 Å². The maximum absolute atomic E-state index is 5.56.